The SMILES string of the molecule is CCOC(CC)(OCC)O[N+]1(c2ccccc2)C=Nc2cnc3ccccc3c21. The summed E-state index contributed by atoms with van der Waals surface area (Å²) in [5.41, 5.74) is 3.46. The van der Waals surface area contributed by atoms with Crippen molar-refractivity contribution in [2.24, 2.45) is 4.99 Å². The Hall–Kier alpha value is -2.64. The highest BCUT2D eigenvalue weighted by atomic mass is 16.9. The average Bonchev–Trinajstić information content (AvgIpc) is 3.14. The summed E-state index contributed by atoms with van der Waals surface area (Å²) in [7, 11) is 0. The molecule has 0 N–H and O–H groups in total. The van der Waals surface area contributed by atoms with E-state index in [0.29, 0.717) is 19.6 Å². The van der Waals surface area contributed by atoms with Gasteiger partial charge >= 0.3 is 5.97 Å². The van der Waals surface area contributed by atoms with Gasteiger partial charge in [0.1, 0.15) is 0 Å². The van der Waals surface area contributed by atoms with Crippen molar-refractivity contribution in [3.8, 4) is 0 Å². The minimum atomic E-state index is -1.21. The number of aromatic nitrogens is 1. The quantitative estimate of drug-likeness (QED) is 0.369. The second kappa shape index (κ2) is 8.00. The first-order chi connectivity index (χ1) is 14.2. The van der Waals surface area contributed by atoms with Crippen LogP contribution in [0.1, 0.15) is 27.2 Å². The van der Waals surface area contributed by atoms with Gasteiger partial charge in [0.25, 0.3) is 0 Å². The van der Waals surface area contributed by atoms with Gasteiger partial charge in [-0.1, -0.05) is 41.9 Å². The zero-order valence-electron chi connectivity index (χ0n) is 17.0. The largest absolute Gasteiger partial charge is 0.336 e. The van der Waals surface area contributed by atoms with E-state index in [-0.39, 0.29) is 4.65 Å². The zero-order chi connectivity index (χ0) is 20.3. The smallest absolute Gasteiger partial charge is 0.324 e. The maximum absolute atomic E-state index is 6.75. The molecular formula is C23H26N3O3+. The molecule has 4 rings (SSSR count). The molecule has 1 unspecified atom stereocenters. The Labute approximate surface area is 170 Å². The van der Waals surface area contributed by atoms with Gasteiger partial charge in [0.2, 0.25) is 12.0 Å². The summed E-state index contributed by atoms with van der Waals surface area (Å²) in [5.74, 6) is -1.21. The molecule has 1 aliphatic heterocycles. The third kappa shape index (κ3) is 3.34. The molecule has 1 aliphatic rings. The number of para-hydroxylation sites is 2. The molecule has 2 aromatic carbocycles. The van der Waals surface area contributed by atoms with Gasteiger partial charge in [-0.3, -0.25) is 4.98 Å². The zero-order valence-corrected chi connectivity index (χ0v) is 17.0. The van der Waals surface area contributed by atoms with E-state index < -0.39 is 5.97 Å². The monoisotopic (exact) mass is 392 g/mol. The lowest BCUT2D eigenvalue weighted by molar-refractivity contribution is -0.418. The van der Waals surface area contributed by atoms with Crippen LogP contribution >= 0.6 is 0 Å². The predicted octanol–water partition coefficient (Wildman–Crippen LogP) is 5.62. The van der Waals surface area contributed by atoms with Crippen LogP contribution < -0.4 is 4.65 Å². The number of nitrogens with zero attached hydrogens (tertiary/aromatic N) is 3. The first kappa shape index (κ1) is 19.7. The van der Waals surface area contributed by atoms with Crippen molar-refractivity contribution >= 4 is 34.3 Å². The molecular weight excluding hydrogens is 366 g/mol. The van der Waals surface area contributed by atoms with Crippen LogP contribution in [0.25, 0.3) is 10.9 Å². The Morgan fingerprint density at radius 1 is 0.897 bits per heavy atom. The predicted molar refractivity (Wildman–Crippen MR) is 115 cm³/mol. The number of hydrogen-bond donors (Lipinski definition) is 0. The molecule has 6 nitrogen and oxygen atoms in total. The van der Waals surface area contributed by atoms with Crippen LogP contribution in [-0.4, -0.2) is 30.5 Å². The maximum Gasteiger partial charge on any atom is 0.336 e. The van der Waals surface area contributed by atoms with Crippen molar-refractivity contribution in [1.29, 1.82) is 0 Å². The van der Waals surface area contributed by atoms with Crippen molar-refractivity contribution in [3.05, 3.63) is 60.8 Å². The van der Waals surface area contributed by atoms with Crippen molar-refractivity contribution in [2.75, 3.05) is 13.2 Å². The number of quaternary nitrogens is 1. The van der Waals surface area contributed by atoms with Crippen LogP contribution in [0, 0.1) is 0 Å². The molecule has 1 aromatic heterocycles. The number of hydroxylamine groups is 1. The topological polar surface area (TPSA) is 52.9 Å². The van der Waals surface area contributed by atoms with Crippen LogP contribution in [0.5, 0.6) is 0 Å². The Balaban J connectivity index is 1.97. The summed E-state index contributed by atoms with van der Waals surface area (Å²) < 4.78 is 12.0. The van der Waals surface area contributed by atoms with Gasteiger partial charge in [-0.15, -0.1) is 4.84 Å². The summed E-state index contributed by atoms with van der Waals surface area (Å²) in [5, 5.41) is 0.976. The standard InChI is InChI=1S/C23H26N3O3/c1-4-23(27-5-2,28-6-3)29-26(18-12-8-7-9-13-18)17-25-21-16-24-20-15-11-10-14-19(20)22(21)26/h7-17H,4-6H2,1-3H3/q+1. The fourth-order valence-electron chi connectivity index (χ4n) is 3.75. The molecule has 0 fully saturated rings. The maximum atomic E-state index is 6.75. The Bertz CT molecular complexity index is 1020. The van der Waals surface area contributed by atoms with Gasteiger partial charge < -0.3 is 9.47 Å². The number of hydrogen-bond acceptors (Lipinski definition) is 5. The summed E-state index contributed by atoms with van der Waals surface area (Å²) in [4.78, 5) is 16.0. The second-order valence-corrected chi connectivity index (χ2v) is 6.74. The van der Waals surface area contributed by atoms with Crippen LogP contribution in [0.2, 0.25) is 0 Å². The van der Waals surface area contributed by atoms with Crippen molar-refractivity contribution in [3.63, 3.8) is 0 Å². The highest BCUT2D eigenvalue weighted by molar-refractivity contribution is 6.05. The highest BCUT2D eigenvalue weighted by Gasteiger charge is 2.51. The van der Waals surface area contributed by atoms with Gasteiger partial charge in [0.05, 0.1) is 17.1 Å². The van der Waals surface area contributed by atoms with E-state index in [2.05, 4.69) is 9.98 Å². The molecule has 150 valence electrons. The van der Waals surface area contributed by atoms with Gasteiger partial charge in [-0.25, -0.2) is 0 Å². The normalized spacial score (nSPS) is 18.3. The first-order valence-electron chi connectivity index (χ1n) is 10.0. The van der Waals surface area contributed by atoms with Crippen LogP contribution in [0.4, 0.5) is 17.1 Å². The molecule has 0 saturated heterocycles. The number of ether oxygens (including phenoxy) is 2. The number of fused-ring (bicyclic) bond motifs is 3. The molecule has 0 saturated carbocycles. The van der Waals surface area contributed by atoms with Crippen LogP contribution in [-0.2, 0) is 14.3 Å². The fraction of sp³-hybridized carbons (Fsp3) is 0.304. The number of pyridine rings is 1. The van der Waals surface area contributed by atoms with Crippen LogP contribution in [0.15, 0.2) is 65.8 Å². The second-order valence-electron chi connectivity index (χ2n) is 6.74. The van der Waals surface area contributed by atoms with Crippen molar-refractivity contribution < 1.29 is 14.3 Å². The van der Waals surface area contributed by atoms with Crippen molar-refractivity contribution in [2.45, 2.75) is 33.2 Å². The van der Waals surface area contributed by atoms with E-state index in [4.69, 9.17) is 14.3 Å². The lowest BCUT2D eigenvalue weighted by atomic mass is 10.1. The lowest BCUT2D eigenvalue weighted by Crippen LogP contribution is -2.53. The Morgan fingerprint density at radius 3 is 2.28 bits per heavy atom. The van der Waals surface area contributed by atoms with E-state index in [1.54, 1.807) is 12.5 Å². The van der Waals surface area contributed by atoms with E-state index in [9.17, 15) is 0 Å². The molecule has 6 heteroatoms. The molecule has 0 spiro atoms. The highest BCUT2D eigenvalue weighted by Crippen LogP contribution is 2.49. The fourth-order valence-corrected chi connectivity index (χ4v) is 3.75. The van der Waals surface area contributed by atoms with Gasteiger partial charge in [0.15, 0.2) is 11.4 Å². The molecule has 0 bridgehead atoms. The van der Waals surface area contributed by atoms with Gasteiger partial charge in [-0.2, -0.15) is 4.99 Å². The Morgan fingerprint density at radius 2 is 1.59 bits per heavy atom. The minimum Gasteiger partial charge on any atom is -0.324 e. The summed E-state index contributed by atoms with van der Waals surface area (Å²) in [6.45, 7) is 6.79. The minimum absolute atomic E-state index is 0.0625. The third-order valence-corrected chi connectivity index (χ3v) is 5.00. The van der Waals surface area contributed by atoms with Gasteiger partial charge in [0, 0.05) is 31.8 Å². The first-order valence-corrected chi connectivity index (χ1v) is 10.0. The molecule has 1 atom stereocenters. The molecule has 2 heterocycles. The summed E-state index contributed by atoms with van der Waals surface area (Å²) in [6.07, 6.45) is 4.10. The van der Waals surface area contributed by atoms with E-state index in [1.807, 2.05) is 75.4 Å². The van der Waals surface area contributed by atoms with Crippen LogP contribution in [0.3, 0.4) is 0 Å². The molecule has 0 radical (unpaired) electrons. The Kier molecular flexibility index (Phi) is 5.43. The summed E-state index contributed by atoms with van der Waals surface area (Å²) in [6, 6.07) is 18.0. The van der Waals surface area contributed by atoms with Gasteiger partial charge in [-0.05, 0) is 26.0 Å². The van der Waals surface area contributed by atoms with E-state index in [0.717, 1.165) is 28.0 Å². The molecule has 3 aromatic rings. The lowest BCUT2D eigenvalue weighted by Gasteiger charge is -2.37. The molecule has 0 amide bonds. The third-order valence-electron chi connectivity index (χ3n) is 5.00. The number of rotatable bonds is 8. The number of benzene rings is 2. The van der Waals surface area contributed by atoms with E-state index >= 15 is 0 Å². The summed E-state index contributed by atoms with van der Waals surface area (Å²) >= 11 is 0. The molecule has 29 heavy (non-hydrogen) atoms. The number of aliphatic imine (C=N–C) groups is 1. The molecule has 0 aliphatic carbocycles. The van der Waals surface area contributed by atoms with Crippen molar-refractivity contribution in [1.82, 2.24) is 9.63 Å². The average molecular weight is 392 g/mol. The van der Waals surface area contributed by atoms with E-state index in [1.165, 1.54) is 0 Å².